The minimum absolute atomic E-state index is 0.0572. The third-order valence-corrected chi connectivity index (χ3v) is 5.87. The summed E-state index contributed by atoms with van der Waals surface area (Å²) in [7, 11) is 2.17. The molecule has 3 aromatic rings. The number of nitrogens with zero attached hydrogens (tertiary/aromatic N) is 5. The molecule has 2 aliphatic rings. The van der Waals surface area contributed by atoms with Crippen LogP contribution in [0.15, 0.2) is 23.1 Å². The lowest BCUT2D eigenvalue weighted by molar-refractivity contribution is 0.233. The molecular formula is C19H24N6O. The Morgan fingerprint density at radius 2 is 2.12 bits per heavy atom. The molecular weight excluding hydrogens is 328 g/mol. The summed E-state index contributed by atoms with van der Waals surface area (Å²) in [5.41, 5.74) is 4.17. The van der Waals surface area contributed by atoms with Crippen molar-refractivity contribution in [1.82, 2.24) is 29.0 Å². The molecule has 5 rings (SSSR count). The monoisotopic (exact) mass is 352 g/mol. The predicted molar refractivity (Wildman–Crippen MR) is 98.0 cm³/mol. The van der Waals surface area contributed by atoms with Gasteiger partial charge in [0.15, 0.2) is 5.65 Å². The second-order valence-corrected chi connectivity index (χ2v) is 7.50. The van der Waals surface area contributed by atoms with Crippen molar-refractivity contribution < 1.29 is 0 Å². The van der Waals surface area contributed by atoms with E-state index in [0.717, 1.165) is 37.9 Å². The van der Waals surface area contributed by atoms with Gasteiger partial charge in [-0.1, -0.05) is 0 Å². The number of H-pyrrole nitrogens is 1. The largest absolute Gasteiger partial charge is 0.334 e. The average Bonchev–Trinajstić information content (AvgIpc) is 3.35. The Bertz CT molecular complexity index is 1010. The molecule has 0 aromatic carbocycles. The maximum absolute atomic E-state index is 12.2. The van der Waals surface area contributed by atoms with Gasteiger partial charge in [0.25, 0.3) is 5.56 Å². The Balaban J connectivity index is 1.45. The van der Waals surface area contributed by atoms with Crippen molar-refractivity contribution in [2.75, 3.05) is 6.54 Å². The lowest BCUT2D eigenvalue weighted by Crippen LogP contribution is -2.27. The fraction of sp³-hybridized carbons (Fsp3) is 0.526. The van der Waals surface area contributed by atoms with Gasteiger partial charge in [0.05, 0.1) is 17.4 Å². The van der Waals surface area contributed by atoms with Gasteiger partial charge in [-0.2, -0.15) is 0 Å². The molecule has 26 heavy (non-hydrogen) atoms. The number of aromatic amines is 1. The molecule has 1 N–H and O–H groups in total. The molecule has 1 aliphatic carbocycles. The van der Waals surface area contributed by atoms with Crippen molar-refractivity contribution in [3.8, 4) is 0 Å². The fourth-order valence-corrected chi connectivity index (χ4v) is 4.58. The van der Waals surface area contributed by atoms with Crippen LogP contribution in [0, 0.1) is 0 Å². The number of hydrogen-bond acceptors (Lipinski definition) is 4. The van der Waals surface area contributed by atoms with Crippen molar-refractivity contribution >= 4 is 5.65 Å². The summed E-state index contributed by atoms with van der Waals surface area (Å²) in [4.78, 5) is 24.3. The van der Waals surface area contributed by atoms with Gasteiger partial charge < -0.3 is 4.57 Å². The zero-order valence-corrected chi connectivity index (χ0v) is 15.1. The van der Waals surface area contributed by atoms with Gasteiger partial charge in [0, 0.05) is 37.6 Å². The Morgan fingerprint density at radius 3 is 3.00 bits per heavy atom. The highest BCUT2D eigenvalue weighted by Crippen LogP contribution is 2.34. The number of nitrogens with one attached hydrogen (secondary N) is 1. The van der Waals surface area contributed by atoms with E-state index in [1.165, 1.54) is 34.6 Å². The summed E-state index contributed by atoms with van der Waals surface area (Å²) >= 11 is 0. The van der Waals surface area contributed by atoms with Crippen LogP contribution in [-0.2, 0) is 26.4 Å². The first-order chi connectivity index (χ1) is 12.7. The predicted octanol–water partition coefficient (Wildman–Crippen LogP) is 1.97. The minimum atomic E-state index is -0.0572. The Morgan fingerprint density at radius 1 is 1.23 bits per heavy atom. The van der Waals surface area contributed by atoms with E-state index in [1.54, 1.807) is 12.3 Å². The molecule has 1 aliphatic heterocycles. The van der Waals surface area contributed by atoms with E-state index in [2.05, 4.69) is 26.6 Å². The van der Waals surface area contributed by atoms with Crippen LogP contribution in [0.5, 0.6) is 0 Å². The zero-order valence-electron chi connectivity index (χ0n) is 15.1. The highest BCUT2D eigenvalue weighted by Gasteiger charge is 2.31. The van der Waals surface area contributed by atoms with Crippen LogP contribution in [0.1, 0.15) is 54.6 Å². The van der Waals surface area contributed by atoms with E-state index in [4.69, 9.17) is 4.98 Å². The number of aromatic nitrogens is 5. The summed E-state index contributed by atoms with van der Waals surface area (Å²) in [6, 6.07) is 3.79. The third-order valence-electron chi connectivity index (χ3n) is 5.87. The van der Waals surface area contributed by atoms with Crippen LogP contribution < -0.4 is 5.56 Å². The van der Waals surface area contributed by atoms with Crippen molar-refractivity contribution in [2.24, 2.45) is 7.05 Å². The molecule has 4 heterocycles. The number of rotatable bonds is 3. The Kier molecular flexibility index (Phi) is 3.70. The van der Waals surface area contributed by atoms with Gasteiger partial charge in [-0.05, 0) is 45.1 Å². The average molecular weight is 352 g/mol. The topological polar surface area (TPSA) is 71.2 Å². The standard InChI is InChI=1S/C19H24N6O/c1-23-15-6-3-2-5-14(15)22-19(23)16-7-4-10-24(16)12-13-11-18(26)25-17(21-13)8-9-20-25/h8-9,11,16,20H,2-7,10,12H2,1H3. The van der Waals surface area contributed by atoms with E-state index in [-0.39, 0.29) is 5.56 Å². The number of imidazole rings is 1. The molecule has 0 radical (unpaired) electrons. The minimum Gasteiger partial charge on any atom is -0.334 e. The van der Waals surface area contributed by atoms with Crippen LogP contribution in [0.2, 0.25) is 0 Å². The molecule has 1 fully saturated rings. The summed E-state index contributed by atoms with van der Waals surface area (Å²) in [6.45, 7) is 1.72. The van der Waals surface area contributed by atoms with Gasteiger partial charge in [0.1, 0.15) is 5.82 Å². The number of fused-ring (bicyclic) bond motifs is 2. The van der Waals surface area contributed by atoms with Gasteiger partial charge in [-0.15, -0.1) is 0 Å². The Labute approximate surface area is 151 Å². The number of hydrogen-bond donors (Lipinski definition) is 1. The number of likely N-dealkylation sites (tertiary alicyclic amines) is 1. The van der Waals surface area contributed by atoms with Crippen LogP contribution in [-0.4, -0.2) is 35.6 Å². The maximum Gasteiger partial charge on any atom is 0.272 e. The SMILES string of the molecule is Cn1c(C2CCCN2Cc2cc(=O)n3[nH]ccc3n2)nc2c1CCCC2. The Hall–Kier alpha value is -2.41. The molecule has 0 amide bonds. The van der Waals surface area contributed by atoms with Crippen LogP contribution in [0.3, 0.4) is 0 Å². The van der Waals surface area contributed by atoms with E-state index >= 15 is 0 Å². The summed E-state index contributed by atoms with van der Waals surface area (Å²) in [6.07, 6.45) is 8.80. The van der Waals surface area contributed by atoms with Crippen molar-refractivity contribution in [3.63, 3.8) is 0 Å². The molecule has 136 valence electrons. The maximum atomic E-state index is 12.2. The van der Waals surface area contributed by atoms with Gasteiger partial charge in [0.2, 0.25) is 0 Å². The van der Waals surface area contributed by atoms with Crippen molar-refractivity contribution in [1.29, 1.82) is 0 Å². The molecule has 0 saturated carbocycles. The fourth-order valence-electron chi connectivity index (χ4n) is 4.58. The summed E-state index contributed by atoms with van der Waals surface area (Å²) in [5, 5.41) is 2.89. The zero-order chi connectivity index (χ0) is 17.7. The lowest BCUT2D eigenvalue weighted by atomic mass is 10.0. The molecule has 3 aromatic heterocycles. The van der Waals surface area contributed by atoms with Crippen LogP contribution in [0.25, 0.3) is 5.65 Å². The van der Waals surface area contributed by atoms with Crippen LogP contribution in [0.4, 0.5) is 0 Å². The van der Waals surface area contributed by atoms with Gasteiger partial charge >= 0.3 is 0 Å². The molecule has 7 nitrogen and oxygen atoms in total. The van der Waals surface area contributed by atoms with E-state index < -0.39 is 0 Å². The van der Waals surface area contributed by atoms with Gasteiger partial charge in [-0.3, -0.25) is 14.8 Å². The summed E-state index contributed by atoms with van der Waals surface area (Å²) in [5.74, 6) is 1.19. The lowest BCUT2D eigenvalue weighted by Gasteiger charge is -2.24. The molecule has 7 heteroatoms. The first kappa shape index (κ1) is 15.8. The highest BCUT2D eigenvalue weighted by molar-refractivity contribution is 5.36. The second kappa shape index (κ2) is 6.09. The molecule has 0 spiro atoms. The van der Waals surface area contributed by atoms with Crippen LogP contribution >= 0.6 is 0 Å². The second-order valence-electron chi connectivity index (χ2n) is 7.50. The molecule has 0 bridgehead atoms. The quantitative estimate of drug-likeness (QED) is 0.782. The molecule has 1 unspecified atom stereocenters. The van der Waals surface area contributed by atoms with Gasteiger partial charge in [-0.25, -0.2) is 14.5 Å². The summed E-state index contributed by atoms with van der Waals surface area (Å²) < 4.78 is 3.80. The van der Waals surface area contributed by atoms with E-state index in [9.17, 15) is 4.79 Å². The van der Waals surface area contributed by atoms with Crippen molar-refractivity contribution in [3.05, 3.63) is 51.6 Å². The van der Waals surface area contributed by atoms with E-state index in [1.807, 2.05) is 6.07 Å². The highest BCUT2D eigenvalue weighted by atomic mass is 16.1. The first-order valence-corrected chi connectivity index (χ1v) is 9.55. The molecule has 1 atom stereocenters. The van der Waals surface area contributed by atoms with E-state index in [0.29, 0.717) is 18.2 Å². The molecule has 1 saturated heterocycles. The number of aryl methyl sites for hydroxylation is 1. The smallest absolute Gasteiger partial charge is 0.272 e. The first-order valence-electron chi connectivity index (χ1n) is 9.55. The van der Waals surface area contributed by atoms with Crippen molar-refractivity contribution in [2.45, 2.75) is 51.1 Å². The normalized spacial score (nSPS) is 20.7. The third kappa shape index (κ3) is 2.49.